The second-order valence-electron chi connectivity index (χ2n) is 6.34. The molecule has 0 atom stereocenters. The summed E-state index contributed by atoms with van der Waals surface area (Å²) in [5.74, 6) is 1.76. The molecule has 134 valence electrons. The lowest BCUT2D eigenvalue weighted by molar-refractivity contribution is 0.215. The highest BCUT2D eigenvalue weighted by molar-refractivity contribution is 5.77. The number of amides is 2. The lowest BCUT2D eigenvalue weighted by Crippen LogP contribution is -2.31. The number of hydrogen-bond acceptors (Lipinski definition) is 3. The summed E-state index contributed by atoms with van der Waals surface area (Å²) < 4.78 is 8.09. The van der Waals surface area contributed by atoms with Crippen LogP contribution in [-0.4, -0.2) is 40.1 Å². The smallest absolute Gasteiger partial charge is 0.317 e. The highest BCUT2D eigenvalue weighted by Gasteiger charge is 2.21. The first-order valence-electron chi connectivity index (χ1n) is 8.98. The Morgan fingerprint density at radius 1 is 1.15 bits per heavy atom. The van der Waals surface area contributed by atoms with Crippen molar-refractivity contribution < 1.29 is 9.21 Å². The van der Waals surface area contributed by atoms with Gasteiger partial charge in [0.25, 0.3) is 0 Å². The zero-order valence-electron chi connectivity index (χ0n) is 14.8. The first-order chi connectivity index (χ1) is 12.8. The zero-order chi connectivity index (χ0) is 17.9. The highest BCUT2D eigenvalue weighted by atomic mass is 16.3. The van der Waals surface area contributed by atoms with Gasteiger partial charge in [0.05, 0.1) is 12.0 Å². The van der Waals surface area contributed by atoms with Gasteiger partial charge in [0, 0.05) is 38.2 Å². The van der Waals surface area contributed by atoms with Crippen LogP contribution < -0.4 is 5.32 Å². The van der Waals surface area contributed by atoms with Crippen molar-refractivity contribution >= 4 is 6.03 Å². The minimum absolute atomic E-state index is 0.00113. The van der Waals surface area contributed by atoms with Gasteiger partial charge in [-0.25, -0.2) is 9.78 Å². The monoisotopic (exact) mass is 350 g/mol. The number of carbonyl (C=O) groups is 1. The van der Waals surface area contributed by atoms with Crippen molar-refractivity contribution in [1.29, 1.82) is 0 Å². The predicted octanol–water partition coefficient (Wildman–Crippen LogP) is 3.40. The van der Waals surface area contributed by atoms with E-state index in [0.717, 1.165) is 41.4 Å². The molecular weight excluding hydrogens is 328 g/mol. The van der Waals surface area contributed by atoms with Gasteiger partial charge in [0.15, 0.2) is 5.76 Å². The van der Waals surface area contributed by atoms with Crippen LogP contribution in [0.15, 0.2) is 53.2 Å². The Morgan fingerprint density at radius 2 is 2.00 bits per heavy atom. The first kappa shape index (κ1) is 16.4. The Bertz CT molecular complexity index is 898. The summed E-state index contributed by atoms with van der Waals surface area (Å²) in [6.07, 6.45) is 2.68. The fourth-order valence-corrected chi connectivity index (χ4v) is 3.27. The standard InChI is InChI=1S/C20H22N4O2/c1-2-16-8-9-17(26-16)19-18(15-6-4-3-5-7-15)22-14-24(19)13-12-23-11-10-21-20(23)25/h3-9,14H,2,10-13H2,1H3,(H,21,25). The molecule has 1 fully saturated rings. The van der Waals surface area contributed by atoms with Crippen molar-refractivity contribution in [2.45, 2.75) is 19.9 Å². The van der Waals surface area contributed by atoms with Crippen LogP contribution in [0, 0.1) is 0 Å². The number of hydrogen-bond donors (Lipinski definition) is 1. The molecule has 3 aromatic rings. The molecular formula is C20H22N4O2. The fraction of sp³-hybridized carbons (Fsp3) is 0.300. The third-order valence-electron chi connectivity index (χ3n) is 4.68. The third-order valence-corrected chi connectivity index (χ3v) is 4.68. The maximum absolute atomic E-state index is 11.8. The van der Waals surface area contributed by atoms with Crippen LogP contribution in [0.1, 0.15) is 12.7 Å². The largest absolute Gasteiger partial charge is 0.459 e. The van der Waals surface area contributed by atoms with Gasteiger partial charge in [-0.1, -0.05) is 37.3 Å². The lowest BCUT2D eigenvalue weighted by Gasteiger charge is -2.15. The van der Waals surface area contributed by atoms with Gasteiger partial charge in [0.1, 0.15) is 11.5 Å². The third kappa shape index (κ3) is 3.10. The molecule has 2 amide bonds. The average molecular weight is 350 g/mol. The summed E-state index contributed by atoms with van der Waals surface area (Å²) in [4.78, 5) is 18.3. The molecule has 3 heterocycles. The molecule has 4 rings (SSSR count). The Kier molecular flexibility index (Phi) is 4.48. The van der Waals surface area contributed by atoms with Crippen molar-refractivity contribution in [3.63, 3.8) is 0 Å². The van der Waals surface area contributed by atoms with Crippen LogP contribution in [0.4, 0.5) is 4.79 Å². The normalized spacial score (nSPS) is 14.0. The molecule has 0 aliphatic carbocycles. The molecule has 0 saturated carbocycles. The number of imidazole rings is 1. The first-order valence-corrected chi connectivity index (χ1v) is 8.98. The summed E-state index contributed by atoms with van der Waals surface area (Å²) in [5.41, 5.74) is 2.90. The predicted molar refractivity (Wildman–Crippen MR) is 99.7 cm³/mol. The van der Waals surface area contributed by atoms with Crippen LogP contribution in [0.25, 0.3) is 22.7 Å². The number of urea groups is 1. The van der Waals surface area contributed by atoms with Gasteiger partial charge in [-0.2, -0.15) is 0 Å². The molecule has 0 radical (unpaired) electrons. The molecule has 0 spiro atoms. The van der Waals surface area contributed by atoms with Crippen molar-refractivity contribution in [2.24, 2.45) is 0 Å². The molecule has 1 aliphatic rings. The maximum Gasteiger partial charge on any atom is 0.317 e. The van der Waals surface area contributed by atoms with E-state index >= 15 is 0 Å². The van der Waals surface area contributed by atoms with E-state index in [1.807, 2.05) is 53.7 Å². The summed E-state index contributed by atoms with van der Waals surface area (Å²) in [6.45, 7) is 4.84. The van der Waals surface area contributed by atoms with Crippen LogP contribution in [0.2, 0.25) is 0 Å². The van der Waals surface area contributed by atoms with Gasteiger partial charge in [-0.3, -0.25) is 0 Å². The Hall–Kier alpha value is -3.02. The molecule has 6 nitrogen and oxygen atoms in total. The Morgan fingerprint density at radius 3 is 2.69 bits per heavy atom. The zero-order valence-corrected chi connectivity index (χ0v) is 14.8. The molecule has 1 saturated heterocycles. The lowest BCUT2D eigenvalue weighted by atomic mass is 10.1. The summed E-state index contributed by atoms with van der Waals surface area (Å²) in [6, 6.07) is 14.1. The number of nitrogens with zero attached hydrogens (tertiary/aromatic N) is 3. The number of carbonyl (C=O) groups excluding carboxylic acids is 1. The van der Waals surface area contributed by atoms with E-state index in [2.05, 4.69) is 21.8 Å². The number of benzene rings is 1. The molecule has 2 aromatic heterocycles. The summed E-state index contributed by atoms with van der Waals surface area (Å²) >= 11 is 0. The molecule has 26 heavy (non-hydrogen) atoms. The molecule has 0 unspecified atom stereocenters. The fourth-order valence-electron chi connectivity index (χ4n) is 3.27. The van der Waals surface area contributed by atoms with Gasteiger partial charge >= 0.3 is 6.03 Å². The van der Waals surface area contributed by atoms with Gasteiger partial charge < -0.3 is 19.2 Å². The number of aryl methyl sites for hydroxylation is 1. The summed E-state index contributed by atoms with van der Waals surface area (Å²) in [7, 11) is 0. The number of rotatable bonds is 6. The van der Waals surface area contributed by atoms with Gasteiger partial charge in [-0.15, -0.1) is 0 Å². The SMILES string of the molecule is CCc1ccc(-c2c(-c3ccccc3)ncn2CCN2CCNC2=O)o1. The van der Waals surface area contributed by atoms with Crippen molar-refractivity contribution in [3.8, 4) is 22.7 Å². The van der Waals surface area contributed by atoms with E-state index in [-0.39, 0.29) is 6.03 Å². The average Bonchev–Trinajstić information content (AvgIpc) is 3.39. The topological polar surface area (TPSA) is 63.3 Å². The molecule has 1 N–H and O–H groups in total. The van der Waals surface area contributed by atoms with E-state index in [1.165, 1.54) is 0 Å². The van der Waals surface area contributed by atoms with E-state index < -0.39 is 0 Å². The maximum atomic E-state index is 11.8. The second kappa shape index (κ2) is 7.07. The van der Waals surface area contributed by atoms with Crippen LogP contribution >= 0.6 is 0 Å². The summed E-state index contributed by atoms with van der Waals surface area (Å²) in [5, 5.41) is 2.84. The van der Waals surface area contributed by atoms with Crippen LogP contribution in [0.3, 0.4) is 0 Å². The number of nitrogens with one attached hydrogen (secondary N) is 1. The number of aromatic nitrogens is 2. The Labute approximate surface area is 152 Å². The molecule has 1 aromatic carbocycles. The van der Waals surface area contributed by atoms with E-state index in [1.54, 1.807) is 0 Å². The highest BCUT2D eigenvalue weighted by Crippen LogP contribution is 2.32. The molecule has 1 aliphatic heterocycles. The Balaban J connectivity index is 1.69. The quantitative estimate of drug-likeness (QED) is 0.741. The number of furan rings is 1. The minimum Gasteiger partial charge on any atom is -0.459 e. The van der Waals surface area contributed by atoms with E-state index in [9.17, 15) is 4.79 Å². The molecule has 0 bridgehead atoms. The van der Waals surface area contributed by atoms with E-state index in [0.29, 0.717) is 19.6 Å². The van der Waals surface area contributed by atoms with E-state index in [4.69, 9.17) is 4.42 Å². The van der Waals surface area contributed by atoms with Crippen molar-refractivity contribution in [3.05, 3.63) is 54.6 Å². The minimum atomic E-state index is 0.00113. The van der Waals surface area contributed by atoms with Crippen molar-refractivity contribution in [1.82, 2.24) is 19.8 Å². The van der Waals surface area contributed by atoms with Crippen LogP contribution in [0.5, 0.6) is 0 Å². The second-order valence-corrected chi connectivity index (χ2v) is 6.34. The van der Waals surface area contributed by atoms with Crippen molar-refractivity contribution in [2.75, 3.05) is 19.6 Å². The van der Waals surface area contributed by atoms with Gasteiger partial charge in [-0.05, 0) is 12.1 Å². The van der Waals surface area contributed by atoms with Crippen LogP contribution in [-0.2, 0) is 13.0 Å². The van der Waals surface area contributed by atoms with Gasteiger partial charge in [0.2, 0.25) is 0 Å². The molecule has 6 heteroatoms.